The Bertz CT molecular complexity index is 4020. The molecule has 10 aliphatic rings. The summed E-state index contributed by atoms with van der Waals surface area (Å²) >= 11 is 0. The third-order valence-electron chi connectivity index (χ3n) is 30.4. The Hall–Kier alpha value is -7.61. The van der Waals surface area contributed by atoms with Gasteiger partial charge in [-0.3, -0.25) is 43.2 Å². The molecular weight excluding hydrogens is 1740 g/mol. The van der Waals surface area contributed by atoms with Crippen LogP contribution in [0, 0.1) is 0 Å². The molecule has 10 aliphatic carbocycles. The normalized spacial score (nSPS) is 39.8. The molecule has 0 bridgehead atoms. The van der Waals surface area contributed by atoms with Crippen molar-refractivity contribution in [1.29, 1.82) is 0 Å². The molecule has 10 amide bonds. The Morgan fingerprint density at radius 3 is 0.470 bits per heavy atom. The first-order valence-electron chi connectivity index (χ1n) is 44.6. The molecule has 10 N–H and O–H groups in total. The van der Waals surface area contributed by atoms with Crippen molar-refractivity contribution < 1.29 is 157 Å². The van der Waals surface area contributed by atoms with Gasteiger partial charge in [0.25, 0.3) is 0 Å². The molecule has 132 heavy (non-hydrogen) atoms. The van der Waals surface area contributed by atoms with Gasteiger partial charge in [-0.1, -0.05) is 30.3 Å². The largest absolute Gasteiger partial charge is 0.467 e. The molecule has 0 saturated heterocycles. The van der Waals surface area contributed by atoms with Crippen molar-refractivity contribution >= 4 is 65.2 Å². The average Bonchev–Trinajstić information content (AvgIpc) is 1.58. The van der Waals surface area contributed by atoms with Crippen LogP contribution in [0.25, 0.3) is 0 Å². The Morgan fingerprint density at radius 1 is 0.205 bits per heavy atom. The maximum Gasteiger partial charge on any atom is 0.408 e. The quantitative estimate of drug-likeness (QED) is 0.0342. The SMILES string of the molecule is COC(=O)C1(NC(=O)C2(NC(=O)C3(NC(=O)C4(NC(=O)C5(NC(=O)C6(NC(=O)C7(NC(=O)C8(NC(=O)C9(NC(=O)C%10(NC(=O)OCc%11ccccc%11)CC(OC)C(OC)C%10)CC(OC)C(OC)C9)CC(OC)C(OC)C8)CC(OC)C(OC)C7)CC(OC)C(OC)C6)CC(OC)C(OC)C5)CC(OC)C(OC)C4)CC(OC)C(OC)C3)CC(OC)C(OC)C2)CC(OC)C(OC)C1. The molecule has 20 unspecified atom stereocenters. The summed E-state index contributed by atoms with van der Waals surface area (Å²) in [5.74, 6) is -9.14. The molecule has 0 aromatic heterocycles. The molecule has 744 valence electrons. The third-order valence-corrected chi connectivity index (χ3v) is 30.4. The Kier molecular flexibility index (Phi) is 34.5. The van der Waals surface area contributed by atoms with Gasteiger partial charge in [0.15, 0.2) is 0 Å². The zero-order valence-electron chi connectivity index (χ0n) is 79.8. The van der Waals surface area contributed by atoms with E-state index in [1.165, 1.54) is 149 Å². The maximum absolute atomic E-state index is 16.8. The molecule has 20 atom stereocenters. The summed E-state index contributed by atoms with van der Waals surface area (Å²) in [7, 11) is 29.3. The minimum absolute atomic E-state index is 0.0805. The highest BCUT2D eigenvalue weighted by atomic mass is 16.6. The second-order valence-electron chi connectivity index (χ2n) is 37.2. The third kappa shape index (κ3) is 20.4. The lowest BCUT2D eigenvalue weighted by Gasteiger charge is -2.42. The smallest absolute Gasteiger partial charge is 0.408 e. The lowest BCUT2D eigenvalue weighted by atomic mass is 9.85. The van der Waals surface area contributed by atoms with Gasteiger partial charge in [0, 0.05) is 271 Å². The van der Waals surface area contributed by atoms with Gasteiger partial charge in [-0.2, -0.15) is 0 Å². The van der Waals surface area contributed by atoms with E-state index in [0.29, 0.717) is 5.56 Å². The highest BCUT2D eigenvalue weighted by Gasteiger charge is 2.68. The number of benzene rings is 1. The molecule has 0 heterocycles. The Labute approximate surface area is 769 Å². The van der Waals surface area contributed by atoms with Crippen LogP contribution in [0.1, 0.15) is 134 Å². The number of methoxy groups -OCH3 is 21. The molecule has 1 aromatic carbocycles. The monoisotopic (exact) mass is 1880 g/mol. The van der Waals surface area contributed by atoms with Crippen LogP contribution in [0.5, 0.6) is 0 Å². The lowest BCUT2D eigenvalue weighted by Crippen LogP contribution is -2.73. The fourth-order valence-electron chi connectivity index (χ4n) is 22.6. The summed E-state index contributed by atoms with van der Waals surface area (Å²) in [6.45, 7) is -0.159. The van der Waals surface area contributed by atoms with Gasteiger partial charge in [0.2, 0.25) is 53.2 Å². The van der Waals surface area contributed by atoms with E-state index in [0.717, 1.165) is 0 Å². The van der Waals surface area contributed by atoms with Crippen molar-refractivity contribution in [3.8, 4) is 0 Å². The maximum atomic E-state index is 16.8. The fraction of sp³-hybridized carbons (Fsp3) is 0.809. The predicted molar refractivity (Wildman–Crippen MR) is 461 cm³/mol. The van der Waals surface area contributed by atoms with E-state index in [1.807, 2.05) is 0 Å². The molecule has 0 aliphatic heterocycles. The van der Waals surface area contributed by atoms with E-state index in [4.69, 9.17) is 104 Å². The fourth-order valence-corrected chi connectivity index (χ4v) is 22.6. The van der Waals surface area contributed by atoms with E-state index in [1.54, 1.807) is 30.3 Å². The van der Waals surface area contributed by atoms with Crippen LogP contribution in [-0.4, -0.2) is 392 Å². The highest BCUT2D eigenvalue weighted by Crippen LogP contribution is 2.49. The van der Waals surface area contributed by atoms with Crippen molar-refractivity contribution in [2.45, 2.75) is 312 Å². The highest BCUT2D eigenvalue weighted by molar-refractivity contribution is 6.06. The summed E-state index contributed by atoms with van der Waals surface area (Å²) in [4.78, 5) is 175. The first kappa shape index (κ1) is 105. The van der Waals surface area contributed by atoms with Crippen molar-refractivity contribution in [3.63, 3.8) is 0 Å². The molecule has 1 aromatic rings. The average molecular weight is 1880 g/mol. The van der Waals surface area contributed by atoms with Crippen molar-refractivity contribution in [2.24, 2.45) is 0 Å². The summed E-state index contributed by atoms with van der Waals surface area (Å²) in [5.41, 5.74) is -19.7. The Morgan fingerprint density at radius 2 is 0.333 bits per heavy atom. The van der Waals surface area contributed by atoms with Gasteiger partial charge in [0.1, 0.15) is 62.0 Å². The van der Waals surface area contributed by atoms with Crippen LogP contribution in [0.3, 0.4) is 0 Å². The molecule has 0 radical (unpaired) electrons. The number of esters is 1. The second kappa shape index (κ2) is 43.4. The van der Waals surface area contributed by atoms with Gasteiger partial charge in [-0.25, -0.2) is 9.59 Å². The van der Waals surface area contributed by atoms with Crippen LogP contribution in [0.2, 0.25) is 0 Å². The Balaban J connectivity index is 0.946. The summed E-state index contributed by atoms with van der Waals surface area (Å²) in [6, 6.07) is 8.88. The van der Waals surface area contributed by atoms with Crippen LogP contribution < -0.4 is 53.2 Å². The second-order valence-corrected chi connectivity index (χ2v) is 37.2. The zero-order valence-corrected chi connectivity index (χ0v) is 79.8. The summed E-state index contributed by atoms with van der Waals surface area (Å²) in [6.07, 6.45) is -23.7. The number of alkyl carbamates (subject to hydrolysis) is 1. The van der Waals surface area contributed by atoms with Gasteiger partial charge in [-0.05, 0) is 5.56 Å². The van der Waals surface area contributed by atoms with Crippen LogP contribution in [-0.2, 0) is 159 Å². The molecule has 43 nitrogen and oxygen atoms in total. The van der Waals surface area contributed by atoms with Crippen molar-refractivity contribution in [2.75, 3.05) is 149 Å². The van der Waals surface area contributed by atoms with Crippen LogP contribution in [0.4, 0.5) is 4.79 Å². The first-order chi connectivity index (χ1) is 63.0. The minimum atomic E-state index is -2.18. The number of nitrogens with one attached hydrogen (secondary N) is 10. The number of amides is 10. The number of hydrogen-bond donors (Lipinski definition) is 10. The van der Waals surface area contributed by atoms with Crippen LogP contribution in [0.15, 0.2) is 30.3 Å². The number of ether oxygens (including phenoxy) is 22. The van der Waals surface area contributed by atoms with Crippen molar-refractivity contribution in [3.05, 3.63) is 35.9 Å². The van der Waals surface area contributed by atoms with E-state index in [2.05, 4.69) is 53.2 Å². The van der Waals surface area contributed by atoms with E-state index < -0.39 is 243 Å². The van der Waals surface area contributed by atoms with Crippen LogP contribution >= 0.6 is 0 Å². The van der Waals surface area contributed by atoms with E-state index >= 15 is 43.2 Å². The number of carbonyl (C=O) groups excluding carboxylic acids is 11. The summed E-state index contributed by atoms with van der Waals surface area (Å²) in [5, 5.41) is 30.3. The van der Waals surface area contributed by atoms with Gasteiger partial charge < -0.3 is 157 Å². The molecule has 11 rings (SSSR count). The van der Waals surface area contributed by atoms with Gasteiger partial charge in [-0.15, -0.1) is 0 Å². The zero-order chi connectivity index (χ0) is 96.5. The molecular formula is C89H140N10O33. The summed E-state index contributed by atoms with van der Waals surface area (Å²) < 4.78 is 130. The number of hydrogen-bond acceptors (Lipinski definition) is 33. The first-order valence-corrected chi connectivity index (χ1v) is 44.6. The van der Waals surface area contributed by atoms with Crippen molar-refractivity contribution in [1.82, 2.24) is 53.2 Å². The molecule has 43 heteroatoms. The predicted octanol–water partition coefficient (Wildman–Crippen LogP) is -1.24. The lowest BCUT2D eigenvalue weighted by molar-refractivity contribution is -0.153. The van der Waals surface area contributed by atoms with Gasteiger partial charge >= 0.3 is 12.1 Å². The number of carbonyl (C=O) groups is 11. The van der Waals surface area contributed by atoms with E-state index in [-0.39, 0.29) is 135 Å². The topological polar surface area (TPSA) is 511 Å². The molecule has 0 spiro atoms. The molecule has 10 saturated carbocycles. The van der Waals surface area contributed by atoms with Gasteiger partial charge in [0.05, 0.1) is 129 Å². The van der Waals surface area contributed by atoms with E-state index in [9.17, 15) is 9.59 Å². The standard InChI is InChI=1S/C89H140N10O33/c1-111-49-27-80(28-50(49)112-2,91-71(102)82(31-53(115-5)54(32-82)116-6)93-73(104)84(35-57(119-9)58(36-84)120-10)95-75(106)86(39-61(123-13)62(40-86)124-14)97-77(108)88(43-65(127-17)66(44-88)128-18)99-79(110)132-47-48-25-23-22-24-26-48)69(100)90-81(29-51(113-3)52(30-81)114-4)70(101)92-83(33-55(117-7)56(34-83)118-8)72(103)94-85(37-59(121-11)60(38-85)122-12)74(105)96-87(41-63(125-15)64(42-87)126-16)76(107)98-89(78(109)131-21)45-67(129-19)68(46-89)130-20/h22-26,49-68H,27-47H2,1-21H3,(H,90,100)(H,91,102)(H,92,101)(H,93,104)(H,94,103)(H,95,106)(H,96,105)(H,97,108)(H,98,107)(H,99,110). The molecule has 10 fully saturated rings. The minimum Gasteiger partial charge on any atom is -0.467 e. The number of rotatable bonds is 42.